The fourth-order valence-corrected chi connectivity index (χ4v) is 5.69. The second-order valence-corrected chi connectivity index (χ2v) is 11.2. The zero-order valence-electron chi connectivity index (χ0n) is 24.7. The molecule has 2 aliphatic heterocycles. The summed E-state index contributed by atoms with van der Waals surface area (Å²) in [4.78, 5) is 28.7. The highest BCUT2D eigenvalue weighted by atomic mass is 16.6. The van der Waals surface area contributed by atoms with Gasteiger partial charge in [0.15, 0.2) is 0 Å². The van der Waals surface area contributed by atoms with Crippen molar-refractivity contribution in [2.24, 2.45) is 0 Å². The van der Waals surface area contributed by atoms with Gasteiger partial charge in [0, 0.05) is 39.8 Å². The van der Waals surface area contributed by atoms with E-state index < -0.39 is 0 Å². The minimum atomic E-state index is -0.374. The van der Waals surface area contributed by atoms with E-state index >= 15 is 0 Å². The Balaban J connectivity index is 1.83. The summed E-state index contributed by atoms with van der Waals surface area (Å²) in [5.74, 6) is 0. The molecule has 2 N–H and O–H groups in total. The van der Waals surface area contributed by atoms with Gasteiger partial charge in [0.1, 0.15) is 0 Å². The van der Waals surface area contributed by atoms with Crippen molar-refractivity contribution in [1.82, 2.24) is 19.9 Å². The molecule has 0 unspecified atom stereocenters. The van der Waals surface area contributed by atoms with Gasteiger partial charge < -0.3 is 9.97 Å². The molecule has 2 aliphatic rings. The van der Waals surface area contributed by atoms with Crippen LogP contribution in [0.25, 0.3) is 55.5 Å². The summed E-state index contributed by atoms with van der Waals surface area (Å²) < 4.78 is 0. The number of nitro benzene ring substituents is 1. The molecule has 0 spiro atoms. The Kier molecular flexibility index (Phi) is 6.07. The Bertz CT molecular complexity index is 1920. The first kappa shape index (κ1) is 26.4. The third-order valence-electron chi connectivity index (χ3n) is 9.04. The number of nitrogens with one attached hydrogen (secondary N) is 2. The SMILES string of the molecule is CC1=C(C)c2nc1cc1[nH]c(cc3[nH]c(cc4nc(c2-c2ccc([N+](=O)[O-])cc2)C(C)=C4C)c(C)c3C)c(C)c1C. The standard InChI is InChI=1S/C34H33N5O2/c1-16-18(3)28-14-30-20(5)22(7)33(37-30)32(24-9-11-25(12-10-24)39(40)41)34-23(8)21(6)31(38-34)15-29-19(4)17(2)27(36-29)13-26(16)35-28/h9-15,35-36H,1-8H3. The summed E-state index contributed by atoms with van der Waals surface area (Å²) in [6, 6.07) is 13.1. The number of nitrogens with zero attached hydrogens (tertiary/aromatic N) is 3. The number of allylic oxidation sites excluding steroid dienone is 4. The fourth-order valence-electron chi connectivity index (χ4n) is 5.69. The maximum absolute atomic E-state index is 11.4. The molecule has 41 heavy (non-hydrogen) atoms. The zero-order chi connectivity index (χ0) is 29.3. The summed E-state index contributed by atoms with van der Waals surface area (Å²) in [5.41, 5.74) is 18.5. The third kappa shape index (κ3) is 4.11. The van der Waals surface area contributed by atoms with E-state index in [-0.39, 0.29) is 10.6 Å². The van der Waals surface area contributed by atoms with Gasteiger partial charge in [-0.25, -0.2) is 9.97 Å². The topological polar surface area (TPSA) is 100 Å². The second kappa shape index (κ2) is 9.41. The first-order valence-electron chi connectivity index (χ1n) is 13.8. The summed E-state index contributed by atoms with van der Waals surface area (Å²) in [6.45, 7) is 16.9. The molecule has 7 heteroatoms. The molecule has 7 nitrogen and oxygen atoms in total. The normalized spacial score (nSPS) is 13.4. The summed E-state index contributed by atoms with van der Waals surface area (Å²) >= 11 is 0. The molecule has 206 valence electrons. The van der Waals surface area contributed by atoms with Crippen molar-refractivity contribution in [2.45, 2.75) is 55.4 Å². The van der Waals surface area contributed by atoms with E-state index in [2.05, 4.69) is 83.6 Å². The van der Waals surface area contributed by atoms with Gasteiger partial charge in [-0.1, -0.05) is 0 Å². The number of hydrogen-bond donors (Lipinski definition) is 2. The summed E-state index contributed by atoms with van der Waals surface area (Å²) in [6.07, 6.45) is 0. The molecule has 0 saturated heterocycles. The van der Waals surface area contributed by atoms with Crippen LogP contribution >= 0.6 is 0 Å². The lowest BCUT2D eigenvalue weighted by molar-refractivity contribution is -0.384. The van der Waals surface area contributed by atoms with Gasteiger partial charge >= 0.3 is 0 Å². The van der Waals surface area contributed by atoms with Gasteiger partial charge in [-0.3, -0.25) is 10.1 Å². The Labute approximate surface area is 238 Å². The molecule has 5 heterocycles. The van der Waals surface area contributed by atoms with Crippen LogP contribution in [-0.2, 0) is 0 Å². The first-order chi connectivity index (χ1) is 19.5. The van der Waals surface area contributed by atoms with Crippen molar-refractivity contribution in [1.29, 1.82) is 0 Å². The van der Waals surface area contributed by atoms with E-state index in [4.69, 9.17) is 9.97 Å². The molecule has 6 rings (SSSR count). The molecule has 0 radical (unpaired) electrons. The van der Waals surface area contributed by atoms with E-state index in [9.17, 15) is 10.1 Å². The van der Waals surface area contributed by atoms with Crippen molar-refractivity contribution in [3.8, 4) is 11.1 Å². The molecule has 4 aromatic rings. The number of fused-ring (bicyclic) bond motifs is 8. The van der Waals surface area contributed by atoms with Crippen molar-refractivity contribution in [2.75, 3.05) is 0 Å². The van der Waals surface area contributed by atoms with E-state index in [1.165, 1.54) is 22.3 Å². The van der Waals surface area contributed by atoms with Gasteiger partial charge in [-0.2, -0.15) is 0 Å². The number of non-ortho nitro benzene ring substituents is 1. The van der Waals surface area contributed by atoms with Crippen molar-refractivity contribution in [3.63, 3.8) is 0 Å². The van der Waals surface area contributed by atoms with Crippen molar-refractivity contribution in [3.05, 3.63) is 97.6 Å². The molecular formula is C34H33N5O2. The molecule has 0 saturated carbocycles. The van der Waals surface area contributed by atoms with E-state index in [1.807, 2.05) is 0 Å². The van der Waals surface area contributed by atoms with E-state index in [0.717, 1.165) is 78.3 Å². The van der Waals surface area contributed by atoms with Crippen LogP contribution in [0.15, 0.2) is 42.5 Å². The predicted octanol–water partition coefficient (Wildman–Crippen LogP) is 9.02. The number of benzene rings is 1. The number of aromatic amines is 2. The predicted molar refractivity (Wildman–Crippen MR) is 168 cm³/mol. The number of nitro groups is 1. The molecule has 1 aromatic carbocycles. The van der Waals surface area contributed by atoms with Gasteiger partial charge in [0.25, 0.3) is 5.69 Å². The van der Waals surface area contributed by atoms with Crippen LogP contribution in [0, 0.1) is 37.8 Å². The van der Waals surface area contributed by atoms with Crippen LogP contribution in [0.3, 0.4) is 0 Å². The van der Waals surface area contributed by atoms with Gasteiger partial charge in [-0.05, 0) is 136 Å². The van der Waals surface area contributed by atoms with Crippen molar-refractivity contribution < 1.29 is 4.92 Å². The Morgan fingerprint density at radius 2 is 0.976 bits per heavy atom. The van der Waals surface area contributed by atoms with Gasteiger partial charge in [-0.15, -0.1) is 0 Å². The monoisotopic (exact) mass is 543 g/mol. The fraction of sp³-hybridized carbons (Fsp3) is 0.235. The van der Waals surface area contributed by atoms with Crippen molar-refractivity contribution >= 4 is 50.0 Å². The number of aromatic nitrogens is 4. The van der Waals surface area contributed by atoms with E-state index in [1.54, 1.807) is 24.3 Å². The number of H-pyrrole nitrogens is 2. The lowest BCUT2D eigenvalue weighted by Gasteiger charge is -2.09. The van der Waals surface area contributed by atoms with Gasteiger partial charge in [0.2, 0.25) is 0 Å². The van der Waals surface area contributed by atoms with Gasteiger partial charge in [0.05, 0.1) is 27.7 Å². The van der Waals surface area contributed by atoms with E-state index in [0.29, 0.717) is 0 Å². The van der Waals surface area contributed by atoms with Crippen LogP contribution in [0.2, 0.25) is 0 Å². The molecule has 0 amide bonds. The minimum absolute atomic E-state index is 0.0518. The summed E-state index contributed by atoms with van der Waals surface area (Å²) in [5, 5.41) is 11.4. The number of aryl methyl sites for hydroxylation is 4. The first-order valence-corrected chi connectivity index (χ1v) is 13.8. The smallest absolute Gasteiger partial charge is 0.269 e. The average molecular weight is 544 g/mol. The Hall–Kier alpha value is -4.78. The number of rotatable bonds is 2. The zero-order valence-corrected chi connectivity index (χ0v) is 24.7. The highest BCUT2D eigenvalue weighted by Gasteiger charge is 2.25. The third-order valence-corrected chi connectivity index (χ3v) is 9.04. The second-order valence-electron chi connectivity index (χ2n) is 11.2. The largest absolute Gasteiger partial charge is 0.355 e. The Morgan fingerprint density at radius 3 is 1.37 bits per heavy atom. The lowest BCUT2D eigenvalue weighted by atomic mass is 9.94. The van der Waals surface area contributed by atoms with Crippen LogP contribution in [-0.4, -0.2) is 24.9 Å². The lowest BCUT2D eigenvalue weighted by Crippen LogP contribution is -1.94. The minimum Gasteiger partial charge on any atom is -0.355 e. The molecule has 0 aliphatic carbocycles. The van der Waals surface area contributed by atoms with Crippen LogP contribution in [0.5, 0.6) is 0 Å². The van der Waals surface area contributed by atoms with Crippen LogP contribution in [0.1, 0.15) is 72.7 Å². The molecule has 0 fully saturated rings. The van der Waals surface area contributed by atoms with Crippen LogP contribution in [0.4, 0.5) is 5.69 Å². The highest BCUT2D eigenvalue weighted by Crippen LogP contribution is 2.42. The number of hydrogen-bond acceptors (Lipinski definition) is 4. The summed E-state index contributed by atoms with van der Waals surface area (Å²) in [7, 11) is 0. The maximum Gasteiger partial charge on any atom is 0.269 e. The Morgan fingerprint density at radius 1 is 0.585 bits per heavy atom. The maximum atomic E-state index is 11.4. The highest BCUT2D eigenvalue weighted by molar-refractivity contribution is 6.01. The molecular weight excluding hydrogens is 510 g/mol. The molecule has 3 aromatic heterocycles. The average Bonchev–Trinajstić information content (AvgIpc) is 3.57. The quantitative estimate of drug-likeness (QED) is 0.194. The molecule has 0 atom stereocenters. The molecule has 8 bridgehead atoms. The van der Waals surface area contributed by atoms with Crippen LogP contribution < -0.4 is 0 Å².